The number of nitrogens with two attached hydrogens (primary N) is 1. The Kier molecular flexibility index (Phi) is 12.9. The van der Waals surface area contributed by atoms with Crippen molar-refractivity contribution in [3.8, 4) is 12.1 Å². The van der Waals surface area contributed by atoms with Crippen molar-refractivity contribution < 1.29 is 40.0 Å². The number of carbonyl (C=O) groups is 1. The summed E-state index contributed by atoms with van der Waals surface area (Å²) in [6.07, 6.45) is -5.76. The number of carbonyl (C=O) groups excluding carboxylic acids is 1. The van der Waals surface area contributed by atoms with Crippen LogP contribution in [0.4, 0.5) is 37.7 Å². The van der Waals surface area contributed by atoms with E-state index >= 15 is 0 Å². The molecule has 0 aliphatic heterocycles. The van der Waals surface area contributed by atoms with Gasteiger partial charge in [0, 0.05) is 46.4 Å². The van der Waals surface area contributed by atoms with Crippen molar-refractivity contribution in [2.45, 2.75) is 58.4 Å². The Hall–Kier alpha value is -6.21. The van der Waals surface area contributed by atoms with E-state index in [-0.39, 0.29) is 17.1 Å². The third kappa shape index (κ3) is 10.7. The number of nitrogens with zero attached hydrogens (tertiary/aromatic N) is 2. The maximum absolute atomic E-state index is 13.3. The first-order chi connectivity index (χ1) is 25.2. The molecule has 0 aliphatic rings. The highest BCUT2D eigenvalue weighted by Crippen LogP contribution is 2.35. The molecule has 0 saturated heterocycles. The lowest BCUT2D eigenvalue weighted by molar-refractivity contribution is -0.139. The van der Waals surface area contributed by atoms with E-state index in [1.807, 2.05) is 38.1 Å². The van der Waals surface area contributed by atoms with Crippen LogP contribution < -0.4 is 11.1 Å². The Balaban J connectivity index is 0.000000196. The number of nitrogens with one attached hydrogen (secondary N) is 1. The van der Waals surface area contributed by atoms with Crippen LogP contribution in [0.15, 0.2) is 93.8 Å². The zero-order chi connectivity index (χ0) is 38.8. The first-order valence-corrected chi connectivity index (χ1v) is 16.4. The molecular weight excluding hydrogens is 698 g/mol. The minimum Gasteiger partial charge on any atom is -0.446 e. The van der Waals surface area contributed by atoms with E-state index in [4.69, 9.17) is 25.1 Å². The van der Waals surface area contributed by atoms with Gasteiger partial charge in [-0.15, -0.1) is 0 Å². The highest BCUT2D eigenvalue weighted by atomic mass is 19.4. The number of nitrogen functional groups attached to an aromatic ring is 1. The number of nitriles is 2. The first kappa shape index (κ1) is 39.6. The SMILES string of the molecule is CCCc1cc(N)ccc1C(F)(F)F.CCCc1ccc(NCc2ccc3oc(C#N)cc3c2)cc1C(F)(F)F.N#Cc1cc2cc(C=O)ccc2o1. The summed E-state index contributed by atoms with van der Waals surface area (Å²) < 4.78 is 87.6. The van der Waals surface area contributed by atoms with Crippen molar-refractivity contribution in [1.82, 2.24) is 0 Å². The van der Waals surface area contributed by atoms with E-state index in [0.717, 1.165) is 34.8 Å². The van der Waals surface area contributed by atoms with E-state index in [1.54, 1.807) is 42.5 Å². The number of aryl methyl sites for hydroxylation is 2. The van der Waals surface area contributed by atoms with Gasteiger partial charge in [-0.1, -0.05) is 38.8 Å². The van der Waals surface area contributed by atoms with Crippen molar-refractivity contribution in [3.05, 3.63) is 130 Å². The lowest BCUT2D eigenvalue weighted by Crippen LogP contribution is -2.10. The van der Waals surface area contributed by atoms with Crippen LogP contribution in [-0.2, 0) is 31.7 Å². The van der Waals surface area contributed by atoms with Crippen LogP contribution >= 0.6 is 0 Å². The molecule has 13 heteroatoms. The number of fused-ring (bicyclic) bond motifs is 2. The maximum atomic E-state index is 13.3. The van der Waals surface area contributed by atoms with Gasteiger partial charge < -0.3 is 19.9 Å². The zero-order valence-electron chi connectivity index (χ0n) is 28.7. The monoisotopic (exact) mass is 732 g/mol. The van der Waals surface area contributed by atoms with Gasteiger partial charge in [-0.2, -0.15) is 36.9 Å². The van der Waals surface area contributed by atoms with E-state index in [1.165, 1.54) is 18.2 Å². The summed E-state index contributed by atoms with van der Waals surface area (Å²) in [6.45, 7) is 4.06. The molecular formula is C40H34F6N4O3. The topological polar surface area (TPSA) is 129 Å². The lowest BCUT2D eigenvalue weighted by atomic mass is 10.0. The second-order valence-electron chi connectivity index (χ2n) is 11.9. The largest absolute Gasteiger partial charge is 0.446 e. The summed E-state index contributed by atoms with van der Waals surface area (Å²) >= 11 is 0. The van der Waals surface area contributed by atoms with Crippen LogP contribution in [-0.4, -0.2) is 6.29 Å². The molecule has 274 valence electrons. The van der Waals surface area contributed by atoms with Crippen molar-refractivity contribution in [1.29, 1.82) is 10.5 Å². The lowest BCUT2D eigenvalue weighted by Gasteiger charge is -2.15. The van der Waals surface area contributed by atoms with Gasteiger partial charge >= 0.3 is 12.4 Å². The Labute approximate surface area is 301 Å². The summed E-state index contributed by atoms with van der Waals surface area (Å²) in [5, 5.41) is 22.0. The fourth-order valence-corrected chi connectivity index (χ4v) is 5.46. The van der Waals surface area contributed by atoms with Crippen LogP contribution in [0.25, 0.3) is 21.9 Å². The Morgan fingerprint density at radius 1 is 0.698 bits per heavy atom. The second-order valence-corrected chi connectivity index (χ2v) is 11.9. The molecule has 0 aliphatic carbocycles. The molecule has 7 nitrogen and oxygen atoms in total. The highest BCUT2D eigenvalue weighted by molar-refractivity contribution is 5.86. The van der Waals surface area contributed by atoms with Crippen LogP contribution in [0, 0.1) is 22.7 Å². The molecule has 0 unspecified atom stereocenters. The third-order valence-electron chi connectivity index (χ3n) is 7.86. The predicted octanol–water partition coefficient (Wildman–Crippen LogP) is 11.2. The molecule has 0 saturated carbocycles. The number of alkyl halides is 6. The molecule has 0 atom stereocenters. The second kappa shape index (κ2) is 17.3. The van der Waals surface area contributed by atoms with Gasteiger partial charge in [-0.25, -0.2) is 0 Å². The number of aldehydes is 1. The molecule has 2 heterocycles. The minimum atomic E-state index is -4.37. The summed E-state index contributed by atoms with van der Waals surface area (Å²) in [5.41, 5.74) is 8.35. The molecule has 0 bridgehead atoms. The van der Waals surface area contributed by atoms with Gasteiger partial charge in [0.1, 0.15) is 29.6 Å². The number of anilines is 2. The Morgan fingerprint density at radius 3 is 1.85 bits per heavy atom. The van der Waals surface area contributed by atoms with Crippen LogP contribution in [0.1, 0.15) is 76.4 Å². The molecule has 2 aromatic heterocycles. The van der Waals surface area contributed by atoms with Crippen molar-refractivity contribution in [3.63, 3.8) is 0 Å². The number of hydrogen-bond donors (Lipinski definition) is 2. The molecule has 0 spiro atoms. The standard InChI is InChI=1S/C20H17F3N2O.C10H12F3N.C10H5NO2/c1-2-3-14-5-6-16(10-18(14)20(21,22)23)25-12-13-4-7-19-15(8-13)9-17(11-24)26-19;1-2-3-7-6-8(14)4-5-9(7)10(11,12)13;11-5-9-4-8-3-7(6-12)1-2-10(8)13-9/h4-10,25H,2-3,12H2,1H3;4-6H,2-3,14H2,1H3;1-4,6H. The zero-order valence-corrected chi connectivity index (χ0v) is 28.7. The Morgan fingerprint density at radius 2 is 1.28 bits per heavy atom. The van der Waals surface area contributed by atoms with Crippen LogP contribution in [0.2, 0.25) is 0 Å². The number of halogens is 6. The summed E-state index contributed by atoms with van der Waals surface area (Å²) in [7, 11) is 0. The molecule has 53 heavy (non-hydrogen) atoms. The maximum Gasteiger partial charge on any atom is 0.416 e. The van der Waals surface area contributed by atoms with Gasteiger partial charge in [0.05, 0.1) is 11.1 Å². The third-order valence-corrected chi connectivity index (χ3v) is 7.86. The van der Waals surface area contributed by atoms with Gasteiger partial charge in [0.15, 0.2) is 0 Å². The van der Waals surface area contributed by atoms with E-state index in [2.05, 4.69) is 5.32 Å². The quantitative estimate of drug-likeness (QED) is 0.0905. The van der Waals surface area contributed by atoms with E-state index in [9.17, 15) is 31.1 Å². The van der Waals surface area contributed by atoms with Crippen molar-refractivity contribution in [2.24, 2.45) is 0 Å². The molecule has 0 fully saturated rings. The van der Waals surface area contributed by atoms with Crippen LogP contribution in [0.3, 0.4) is 0 Å². The average Bonchev–Trinajstić information content (AvgIpc) is 3.74. The van der Waals surface area contributed by atoms with Crippen molar-refractivity contribution >= 4 is 39.6 Å². The molecule has 6 aromatic rings. The van der Waals surface area contributed by atoms with E-state index < -0.39 is 23.5 Å². The van der Waals surface area contributed by atoms with Gasteiger partial charge in [-0.3, -0.25) is 4.79 Å². The average molecular weight is 733 g/mol. The summed E-state index contributed by atoms with van der Waals surface area (Å²) in [4.78, 5) is 10.4. The normalized spacial score (nSPS) is 11.1. The van der Waals surface area contributed by atoms with Crippen molar-refractivity contribution in [2.75, 3.05) is 11.1 Å². The molecule has 0 amide bonds. The number of furan rings is 2. The first-order valence-electron chi connectivity index (χ1n) is 16.4. The summed E-state index contributed by atoms with van der Waals surface area (Å²) in [5.74, 6) is 0.490. The number of rotatable bonds is 8. The molecule has 3 N–H and O–H groups in total. The van der Waals surface area contributed by atoms with Gasteiger partial charge in [0.2, 0.25) is 11.5 Å². The van der Waals surface area contributed by atoms with Crippen LogP contribution in [0.5, 0.6) is 0 Å². The number of hydrogen-bond acceptors (Lipinski definition) is 7. The smallest absolute Gasteiger partial charge is 0.416 e. The highest BCUT2D eigenvalue weighted by Gasteiger charge is 2.34. The molecule has 6 rings (SSSR count). The predicted molar refractivity (Wildman–Crippen MR) is 190 cm³/mol. The van der Waals surface area contributed by atoms with E-state index in [0.29, 0.717) is 65.9 Å². The van der Waals surface area contributed by atoms with Gasteiger partial charge in [0.25, 0.3) is 0 Å². The molecule has 4 aromatic carbocycles. The minimum absolute atomic E-state index is 0.228. The molecule has 0 radical (unpaired) electrons. The fourth-order valence-electron chi connectivity index (χ4n) is 5.46. The summed E-state index contributed by atoms with van der Waals surface area (Å²) in [6, 6.07) is 25.6. The Bertz CT molecular complexity index is 2270. The number of benzene rings is 4. The fraction of sp³-hybridized carbons (Fsp3) is 0.225. The van der Waals surface area contributed by atoms with Gasteiger partial charge in [-0.05, 0) is 90.2 Å².